The average Bonchev–Trinajstić information content (AvgIpc) is 2.44. The van der Waals surface area contributed by atoms with Crippen LogP contribution in [0.15, 0.2) is 35.4 Å². The lowest BCUT2D eigenvalue weighted by molar-refractivity contribution is 0.298. The lowest BCUT2D eigenvalue weighted by Crippen LogP contribution is -2.26. The minimum Gasteiger partial charge on any atom is -0.310 e. The lowest BCUT2D eigenvalue weighted by Gasteiger charge is -2.17. The largest absolute Gasteiger partial charge is 0.310 e. The van der Waals surface area contributed by atoms with Gasteiger partial charge < -0.3 is 10.3 Å². The molecule has 1 aromatic rings. The van der Waals surface area contributed by atoms with Crippen LogP contribution < -0.4 is 5.43 Å². The molecule has 0 bridgehead atoms. The quantitative estimate of drug-likeness (QED) is 0.420. The van der Waals surface area contributed by atoms with E-state index in [1.54, 1.807) is 0 Å². The minimum absolute atomic E-state index is 0.921. The number of hydrogen-bond donors (Lipinski definition) is 1. The van der Waals surface area contributed by atoms with Crippen molar-refractivity contribution < 1.29 is 0 Å². The summed E-state index contributed by atoms with van der Waals surface area (Å²) in [6.45, 7) is 10.8. The zero-order valence-electron chi connectivity index (χ0n) is 12.5. The second-order valence-electron chi connectivity index (χ2n) is 4.80. The van der Waals surface area contributed by atoms with E-state index in [-0.39, 0.29) is 0 Å². The molecule has 0 aliphatic heterocycles. The van der Waals surface area contributed by atoms with Crippen LogP contribution in [-0.2, 0) is 6.42 Å². The molecule has 1 rings (SSSR count). The summed E-state index contributed by atoms with van der Waals surface area (Å²) >= 11 is 0. The maximum absolute atomic E-state index is 4.42. The molecule has 19 heavy (non-hydrogen) atoms. The zero-order chi connectivity index (χ0) is 13.9. The average molecular weight is 261 g/mol. The topological polar surface area (TPSA) is 27.6 Å². The van der Waals surface area contributed by atoms with Gasteiger partial charge in [0.25, 0.3) is 0 Å². The summed E-state index contributed by atoms with van der Waals surface area (Å²) in [7, 11) is 0. The summed E-state index contributed by atoms with van der Waals surface area (Å²) < 4.78 is 0. The highest BCUT2D eigenvalue weighted by atomic mass is 15.3. The zero-order valence-corrected chi connectivity index (χ0v) is 12.5. The van der Waals surface area contributed by atoms with E-state index >= 15 is 0 Å². The van der Waals surface area contributed by atoms with Gasteiger partial charge in [-0.1, -0.05) is 44.2 Å². The predicted octanol–water partition coefficient (Wildman–Crippen LogP) is 2.93. The molecule has 0 unspecified atom stereocenters. The second kappa shape index (κ2) is 9.56. The molecule has 3 nitrogen and oxygen atoms in total. The van der Waals surface area contributed by atoms with Crippen molar-refractivity contribution in [2.45, 2.75) is 33.6 Å². The van der Waals surface area contributed by atoms with Crippen molar-refractivity contribution in [3.63, 3.8) is 0 Å². The van der Waals surface area contributed by atoms with E-state index in [0.29, 0.717) is 0 Å². The molecule has 0 heterocycles. The van der Waals surface area contributed by atoms with Gasteiger partial charge in [0.1, 0.15) is 0 Å². The molecule has 0 aliphatic rings. The molecule has 0 aliphatic carbocycles. The van der Waals surface area contributed by atoms with E-state index in [1.165, 1.54) is 5.56 Å². The van der Waals surface area contributed by atoms with Gasteiger partial charge in [0.2, 0.25) is 0 Å². The fraction of sp³-hybridized carbons (Fsp3) is 0.562. The molecular weight excluding hydrogens is 234 g/mol. The highest BCUT2D eigenvalue weighted by Gasteiger charge is 1.98. The number of benzene rings is 1. The molecule has 1 aromatic carbocycles. The summed E-state index contributed by atoms with van der Waals surface area (Å²) in [5, 5.41) is 4.42. The molecule has 106 valence electrons. The Kier molecular flexibility index (Phi) is 7.91. The van der Waals surface area contributed by atoms with Gasteiger partial charge in [-0.2, -0.15) is 5.10 Å². The van der Waals surface area contributed by atoms with Gasteiger partial charge in [-0.05, 0) is 38.5 Å². The number of nitrogens with one attached hydrogen (secondary N) is 1. The smallest absolute Gasteiger partial charge is 0.0391 e. The standard InChI is InChI=1S/C16H27N3/c1-4-19(5-2)13-9-12-17-18-15(3)14-16-10-7-6-8-11-16/h6-8,10-11,17H,4-5,9,12-14H2,1-3H3/b18-15-. The normalized spacial score (nSPS) is 11.9. The third-order valence-corrected chi connectivity index (χ3v) is 3.23. The predicted molar refractivity (Wildman–Crippen MR) is 83.7 cm³/mol. The minimum atomic E-state index is 0.921. The molecule has 0 amide bonds. The molecular formula is C16H27N3. The van der Waals surface area contributed by atoms with Crippen molar-refractivity contribution in [3.8, 4) is 0 Å². The summed E-state index contributed by atoms with van der Waals surface area (Å²) in [5.41, 5.74) is 5.62. The van der Waals surface area contributed by atoms with Crippen molar-refractivity contribution in [1.29, 1.82) is 0 Å². The van der Waals surface area contributed by atoms with E-state index in [0.717, 1.165) is 44.7 Å². The van der Waals surface area contributed by atoms with Crippen molar-refractivity contribution in [2.75, 3.05) is 26.2 Å². The maximum Gasteiger partial charge on any atom is 0.0391 e. The fourth-order valence-electron chi connectivity index (χ4n) is 2.04. The van der Waals surface area contributed by atoms with Gasteiger partial charge in [-0.3, -0.25) is 0 Å². The molecule has 0 saturated carbocycles. The van der Waals surface area contributed by atoms with Gasteiger partial charge >= 0.3 is 0 Å². The Bertz CT molecular complexity index is 356. The second-order valence-corrected chi connectivity index (χ2v) is 4.80. The van der Waals surface area contributed by atoms with Crippen molar-refractivity contribution in [1.82, 2.24) is 10.3 Å². The SMILES string of the molecule is CCN(CC)CCCN/N=C(/C)Cc1ccccc1. The Labute approximate surface area is 117 Å². The van der Waals surface area contributed by atoms with E-state index in [2.05, 4.69) is 60.5 Å². The van der Waals surface area contributed by atoms with Crippen molar-refractivity contribution in [3.05, 3.63) is 35.9 Å². The van der Waals surface area contributed by atoms with Crippen LogP contribution in [0, 0.1) is 0 Å². The van der Waals surface area contributed by atoms with E-state index < -0.39 is 0 Å². The van der Waals surface area contributed by atoms with Crippen LogP contribution in [0.2, 0.25) is 0 Å². The first-order valence-corrected chi connectivity index (χ1v) is 7.28. The molecule has 0 spiro atoms. The first-order valence-electron chi connectivity index (χ1n) is 7.28. The Morgan fingerprint density at radius 3 is 2.47 bits per heavy atom. The number of nitrogens with zero attached hydrogens (tertiary/aromatic N) is 2. The molecule has 0 fully saturated rings. The first-order chi connectivity index (χ1) is 9.26. The Morgan fingerprint density at radius 2 is 1.84 bits per heavy atom. The summed E-state index contributed by atoms with van der Waals surface area (Å²) in [4.78, 5) is 2.43. The van der Waals surface area contributed by atoms with Gasteiger partial charge in [0.15, 0.2) is 0 Å². The maximum atomic E-state index is 4.42. The Balaban J connectivity index is 2.18. The van der Waals surface area contributed by atoms with Gasteiger partial charge in [-0.15, -0.1) is 0 Å². The van der Waals surface area contributed by atoms with Crippen LogP contribution in [-0.4, -0.2) is 36.8 Å². The van der Waals surface area contributed by atoms with E-state index in [9.17, 15) is 0 Å². The third-order valence-electron chi connectivity index (χ3n) is 3.23. The van der Waals surface area contributed by atoms with Crippen molar-refractivity contribution >= 4 is 5.71 Å². The molecule has 1 N–H and O–H groups in total. The highest BCUT2D eigenvalue weighted by molar-refractivity contribution is 5.83. The van der Waals surface area contributed by atoms with Crippen LogP contribution in [0.25, 0.3) is 0 Å². The highest BCUT2D eigenvalue weighted by Crippen LogP contribution is 2.00. The van der Waals surface area contributed by atoms with Crippen LogP contribution in [0.5, 0.6) is 0 Å². The third kappa shape index (κ3) is 6.97. The van der Waals surface area contributed by atoms with Crippen LogP contribution in [0.1, 0.15) is 32.8 Å². The number of hydrogen-bond acceptors (Lipinski definition) is 3. The van der Waals surface area contributed by atoms with Gasteiger partial charge in [-0.25, -0.2) is 0 Å². The Morgan fingerprint density at radius 1 is 1.16 bits per heavy atom. The van der Waals surface area contributed by atoms with E-state index in [1.807, 2.05) is 6.07 Å². The lowest BCUT2D eigenvalue weighted by atomic mass is 10.1. The molecule has 3 heteroatoms. The number of rotatable bonds is 9. The summed E-state index contributed by atoms with van der Waals surface area (Å²) in [6.07, 6.45) is 2.06. The number of hydrazone groups is 1. The van der Waals surface area contributed by atoms with E-state index in [4.69, 9.17) is 0 Å². The van der Waals surface area contributed by atoms with Crippen LogP contribution in [0.4, 0.5) is 0 Å². The Hall–Kier alpha value is -1.35. The van der Waals surface area contributed by atoms with Gasteiger partial charge in [0.05, 0.1) is 0 Å². The summed E-state index contributed by atoms with van der Waals surface area (Å²) in [6, 6.07) is 10.5. The monoisotopic (exact) mass is 261 g/mol. The first kappa shape index (κ1) is 15.7. The molecule has 0 aromatic heterocycles. The van der Waals surface area contributed by atoms with Crippen LogP contribution in [0.3, 0.4) is 0 Å². The molecule has 0 radical (unpaired) electrons. The molecule has 0 saturated heterocycles. The summed E-state index contributed by atoms with van der Waals surface area (Å²) in [5.74, 6) is 0. The molecule has 0 atom stereocenters. The van der Waals surface area contributed by atoms with Crippen molar-refractivity contribution in [2.24, 2.45) is 5.10 Å². The fourth-order valence-corrected chi connectivity index (χ4v) is 2.04. The van der Waals surface area contributed by atoms with Crippen LogP contribution >= 0.6 is 0 Å². The van der Waals surface area contributed by atoms with Gasteiger partial charge in [0, 0.05) is 18.7 Å².